The molecule has 0 amide bonds. The number of hydrogen-bond acceptors (Lipinski definition) is 3. The maximum Gasteiger partial charge on any atom is 0.0932 e. The zero-order chi connectivity index (χ0) is 13.1. The van der Waals surface area contributed by atoms with Crippen molar-refractivity contribution in [2.45, 2.75) is 46.6 Å². The molecule has 0 spiro atoms. The van der Waals surface area contributed by atoms with Crippen molar-refractivity contribution >= 4 is 0 Å². The molecule has 0 fully saturated rings. The minimum atomic E-state index is 0.186. The molecule has 3 nitrogen and oxygen atoms in total. The van der Waals surface area contributed by atoms with Crippen molar-refractivity contribution in [3.8, 4) is 0 Å². The summed E-state index contributed by atoms with van der Waals surface area (Å²) in [5.41, 5.74) is 0. The van der Waals surface area contributed by atoms with Crippen LogP contribution in [0.4, 0.5) is 0 Å². The fourth-order valence-electron chi connectivity index (χ4n) is 1.63. The lowest BCUT2D eigenvalue weighted by atomic mass is 10.1. The monoisotopic (exact) mass is 245 g/mol. The standard InChI is InChI=1S/C14H31NO2/c1-12(2)7-6-8-17-14(11-16-5)10-15-9-13(3)4/h12-15H,6-11H2,1-5H3. The SMILES string of the molecule is COCC(CNCC(C)C)OCCCC(C)C. The Morgan fingerprint density at radius 3 is 2.24 bits per heavy atom. The molecule has 0 saturated carbocycles. The Kier molecular flexibility index (Phi) is 10.9. The summed E-state index contributed by atoms with van der Waals surface area (Å²) in [5, 5.41) is 3.41. The summed E-state index contributed by atoms with van der Waals surface area (Å²) < 4.78 is 11.0. The number of methoxy groups -OCH3 is 1. The van der Waals surface area contributed by atoms with Gasteiger partial charge in [-0.25, -0.2) is 0 Å². The summed E-state index contributed by atoms with van der Waals surface area (Å²) >= 11 is 0. The summed E-state index contributed by atoms with van der Waals surface area (Å²) in [6, 6.07) is 0. The molecule has 0 rings (SSSR count). The molecule has 104 valence electrons. The normalized spacial score (nSPS) is 13.6. The van der Waals surface area contributed by atoms with Crippen LogP contribution in [-0.2, 0) is 9.47 Å². The third kappa shape index (κ3) is 12.1. The van der Waals surface area contributed by atoms with Gasteiger partial charge in [0, 0.05) is 20.3 Å². The van der Waals surface area contributed by atoms with E-state index in [1.165, 1.54) is 6.42 Å². The lowest BCUT2D eigenvalue weighted by Crippen LogP contribution is -2.34. The minimum Gasteiger partial charge on any atom is -0.382 e. The van der Waals surface area contributed by atoms with E-state index in [-0.39, 0.29) is 6.10 Å². The van der Waals surface area contributed by atoms with Crippen LogP contribution in [-0.4, -0.2) is 39.5 Å². The number of ether oxygens (including phenoxy) is 2. The van der Waals surface area contributed by atoms with Crippen LogP contribution >= 0.6 is 0 Å². The zero-order valence-electron chi connectivity index (χ0n) is 12.3. The van der Waals surface area contributed by atoms with E-state index in [0.29, 0.717) is 12.5 Å². The second kappa shape index (κ2) is 11.0. The first kappa shape index (κ1) is 16.9. The fraction of sp³-hybridized carbons (Fsp3) is 1.00. The molecule has 0 aliphatic heterocycles. The van der Waals surface area contributed by atoms with Gasteiger partial charge < -0.3 is 14.8 Å². The molecule has 1 unspecified atom stereocenters. The van der Waals surface area contributed by atoms with E-state index in [0.717, 1.165) is 32.0 Å². The highest BCUT2D eigenvalue weighted by atomic mass is 16.5. The van der Waals surface area contributed by atoms with Gasteiger partial charge in [-0.15, -0.1) is 0 Å². The summed E-state index contributed by atoms with van der Waals surface area (Å²) in [6.07, 6.45) is 2.56. The minimum absolute atomic E-state index is 0.186. The van der Waals surface area contributed by atoms with Crippen LogP contribution in [0.2, 0.25) is 0 Å². The predicted molar refractivity (Wildman–Crippen MR) is 73.4 cm³/mol. The van der Waals surface area contributed by atoms with Crippen molar-refractivity contribution in [2.75, 3.05) is 33.4 Å². The largest absolute Gasteiger partial charge is 0.382 e. The Morgan fingerprint density at radius 1 is 1.00 bits per heavy atom. The van der Waals surface area contributed by atoms with Gasteiger partial charge in [0.2, 0.25) is 0 Å². The van der Waals surface area contributed by atoms with Gasteiger partial charge in [-0.2, -0.15) is 0 Å². The van der Waals surface area contributed by atoms with Gasteiger partial charge in [0.25, 0.3) is 0 Å². The van der Waals surface area contributed by atoms with Gasteiger partial charge in [0.1, 0.15) is 0 Å². The van der Waals surface area contributed by atoms with E-state index in [1.54, 1.807) is 7.11 Å². The highest BCUT2D eigenvalue weighted by Gasteiger charge is 2.08. The van der Waals surface area contributed by atoms with E-state index >= 15 is 0 Å². The summed E-state index contributed by atoms with van der Waals surface area (Å²) in [4.78, 5) is 0. The molecular weight excluding hydrogens is 214 g/mol. The van der Waals surface area contributed by atoms with Crippen molar-refractivity contribution in [1.29, 1.82) is 0 Å². The Morgan fingerprint density at radius 2 is 1.71 bits per heavy atom. The summed E-state index contributed by atoms with van der Waals surface area (Å²) in [6.45, 7) is 12.4. The molecule has 0 aromatic carbocycles. The smallest absolute Gasteiger partial charge is 0.0932 e. The fourth-order valence-corrected chi connectivity index (χ4v) is 1.63. The van der Waals surface area contributed by atoms with E-state index in [2.05, 4.69) is 33.0 Å². The lowest BCUT2D eigenvalue weighted by molar-refractivity contribution is -0.00324. The van der Waals surface area contributed by atoms with E-state index in [1.807, 2.05) is 0 Å². The molecule has 1 N–H and O–H groups in total. The molecule has 1 atom stereocenters. The average Bonchev–Trinajstić information content (AvgIpc) is 2.23. The van der Waals surface area contributed by atoms with Crippen molar-refractivity contribution in [3.63, 3.8) is 0 Å². The predicted octanol–water partition coefficient (Wildman–Crippen LogP) is 2.70. The van der Waals surface area contributed by atoms with Crippen molar-refractivity contribution in [2.24, 2.45) is 11.8 Å². The highest BCUT2D eigenvalue weighted by molar-refractivity contribution is 4.62. The van der Waals surface area contributed by atoms with Gasteiger partial charge in [-0.05, 0) is 31.2 Å². The van der Waals surface area contributed by atoms with Gasteiger partial charge >= 0.3 is 0 Å². The molecule has 0 saturated heterocycles. The Bertz CT molecular complexity index is 160. The first-order valence-corrected chi connectivity index (χ1v) is 6.87. The van der Waals surface area contributed by atoms with Crippen LogP contribution in [0.5, 0.6) is 0 Å². The number of nitrogens with one attached hydrogen (secondary N) is 1. The Labute approximate surface area is 107 Å². The third-order valence-corrected chi connectivity index (χ3v) is 2.56. The summed E-state index contributed by atoms with van der Waals surface area (Å²) in [7, 11) is 1.73. The molecule has 0 aromatic rings. The lowest BCUT2D eigenvalue weighted by Gasteiger charge is -2.18. The molecule has 0 aliphatic rings. The first-order chi connectivity index (χ1) is 8.06. The van der Waals surface area contributed by atoms with Gasteiger partial charge in [0.15, 0.2) is 0 Å². The van der Waals surface area contributed by atoms with Crippen LogP contribution in [0.3, 0.4) is 0 Å². The van der Waals surface area contributed by atoms with Crippen LogP contribution < -0.4 is 5.32 Å². The quantitative estimate of drug-likeness (QED) is 0.568. The maximum atomic E-state index is 5.83. The van der Waals surface area contributed by atoms with E-state index in [4.69, 9.17) is 9.47 Å². The van der Waals surface area contributed by atoms with Crippen molar-refractivity contribution < 1.29 is 9.47 Å². The van der Waals surface area contributed by atoms with Gasteiger partial charge in [-0.1, -0.05) is 27.7 Å². The summed E-state index contributed by atoms with van der Waals surface area (Å²) in [5.74, 6) is 1.44. The Hall–Kier alpha value is -0.120. The van der Waals surface area contributed by atoms with Gasteiger partial charge in [0.05, 0.1) is 12.7 Å². The molecule has 17 heavy (non-hydrogen) atoms. The van der Waals surface area contributed by atoms with Crippen LogP contribution in [0.1, 0.15) is 40.5 Å². The van der Waals surface area contributed by atoms with Crippen LogP contribution in [0.25, 0.3) is 0 Å². The molecule has 0 heterocycles. The second-order valence-corrected chi connectivity index (χ2v) is 5.54. The molecular formula is C14H31NO2. The first-order valence-electron chi connectivity index (χ1n) is 6.87. The molecule has 0 aliphatic carbocycles. The van der Waals surface area contributed by atoms with Crippen molar-refractivity contribution in [3.05, 3.63) is 0 Å². The van der Waals surface area contributed by atoms with E-state index in [9.17, 15) is 0 Å². The molecule has 0 radical (unpaired) electrons. The van der Waals surface area contributed by atoms with Crippen LogP contribution in [0, 0.1) is 11.8 Å². The average molecular weight is 245 g/mol. The second-order valence-electron chi connectivity index (χ2n) is 5.54. The molecule has 0 aromatic heterocycles. The molecule has 3 heteroatoms. The van der Waals surface area contributed by atoms with Crippen molar-refractivity contribution in [1.82, 2.24) is 5.32 Å². The zero-order valence-corrected chi connectivity index (χ0v) is 12.3. The topological polar surface area (TPSA) is 30.5 Å². The van der Waals surface area contributed by atoms with E-state index < -0.39 is 0 Å². The van der Waals surface area contributed by atoms with Crippen LogP contribution in [0.15, 0.2) is 0 Å². The number of hydrogen-bond donors (Lipinski definition) is 1. The Balaban J connectivity index is 3.59. The number of rotatable bonds is 11. The van der Waals surface area contributed by atoms with Gasteiger partial charge in [-0.3, -0.25) is 0 Å². The maximum absolute atomic E-state index is 5.83. The highest BCUT2D eigenvalue weighted by Crippen LogP contribution is 2.04. The third-order valence-electron chi connectivity index (χ3n) is 2.56. The molecule has 0 bridgehead atoms.